The summed E-state index contributed by atoms with van der Waals surface area (Å²) in [5.41, 5.74) is 3.98. The molecule has 3 nitrogen and oxygen atoms in total. The molecule has 1 fully saturated rings. The molecular formula is C31H29F4NO2. The van der Waals surface area contributed by atoms with Crippen LogP contribution < -0.4 is 0 Å². The van der Waals surface area contributed by atoms with Gasteiger partial charge < -0.3 is 10.0 Å². The fraction of sp³-hybridized carbons (Fsp3) is 0.323. The summed E-state index contributed by atoms with van der Waals surface area (Å²) in [5.74, 6) is -2.52. The number of hydrogen-bond acceptors (Lipinski definition) is 2. The smallest absolute Gasteiger partial charge is 0.335 e. The Morgan fingerprint density at radius 3 is 2.34 bits per heavy atom. The van der Waals surface area contributed by atoms with E-state index in [0.29, 0.717) is 60.3 Å². The van der Waals surface area contributed by atoms with E-state index in [1.807, 2.05) is 6.07 Å². The van der Waals surface area contributed by atoms with Crippen molar-refractivity contribution in [3.05, 3.63) is 105 Å². The van der Waals surface area contributed by atoms with Crippen LogP contribution in [-0.2, 0) is 12.8 Å². The van der Waals surface area contributed by atoms with Crippen LogP contribution in [0.25, 0.3) is 11.1 Å². The van der Waals surface area contributed by atoms with E-state index in [9.17, 15) is 23.1 Å². The normalized spacial score (nSPS) is 16.2. The van der Waals surface area contributed by atoms with E-state index in [-0.39, 0.29) is 17.8 Å². The maximum Gasteiger partial charge on any atom is 0.335 e. The molecule has 0 spiro atoms. The van der Waals surface area contributed by atoms with E-state index in [2.05, 4.69) is 4.90 Å². The standard InChI is InChI=1S/C31H29F4NO2/c32-11-2-12-36-17-20(18-36)13-19-5-8-27(28(34)14-19)30-24-9-6-22(31(37)38)15-21(24)3-1-4-26(30)25-10-7-23(33)16-29(25)35/h5-10,14-16,20H,1-4,11-13,17-18H2,(H,37,38). The number of hydrogen-bond donors (Lipinski definition) is 1. The summed E-state index contributed by atoms with van der Waals surface area (Å²) in [4.78, 5) is 13.8. The lowest BCUT2D eigenvalue weighted by atomic mass is 9.85. The summed E-state index contributed by atoms with van der Waals surface area (Å²) in [7, 11) is 0. The molecule has 3 aromatic rings. The number of carboxylic acid groups (broad SMARTS) is 1. The van der Waals surface area contributed by atoms with Crippen molar-refractivity contribution in [1.29, 1.82) is 0 Å². The summed E-state index contributed by atoms with van der Waals surface area (Å²) in [6.45, 7) is 2.14. The van der Waals surface area contributed by atoms with Gasteiger partial charge in [0, 0.05) is 36.8 Å². The first-order valence-corrected chi connectivity index (χ1v) is 13.0. The molecule has 5 rings (SSSR count). The SMILES string of the molecule is O=C(O)c1ccc2c(c1)CCCC(c1ccc(F)cc1F)=C2c1ccc(CC2CN(CCCF)C2)cc1F. The summed E-state index contributed by atoms with van der Waals surface area (Å²) < 4.78 is 56.9. The van der Waals surface area contributed by atoms with Gasteiger partial charge >= 0.3 is 5.97 Å². The van der Waals surface area contributed by atoms with Gasteiger partial charge in [0.2, 0.25) is 0 Å². The van der Waals surface area contributed by atoms with Crippen LogP contribution in [0.4, 0.5) is 17.6 Å². The van der Waals surface area contributed by atoms with Crippen LogP contribution in [0.1, 0.15) is 57.4 Å². The third-order valence-corrected chi connectivity index (χ3v) is 7.52. The first-order valence-electron chi connectivity index (χ1n) is 13.0. The highest BCUT2D eigenvalue weighted by Crippen LogP contribution is 2.42. The average molecular weight is 524 g/mol. The van der Waals surface area contributed by atoms with Gasteiger partial charge in [-0.25, -0.2) is 18.0 Å². The molecule has 1 aliphatic heterocycles. The molecule has 198 valence electrons. The van der Waals surface area contributed by atoms with E-state index >= 15 is 4.39 Å². The maximum absolute atomic E-state index is 15.8. The Morgan fingerprint density at radius 1 is 0.895 bits per heavy atom. The van der Waals surface area contributed by atoms with Gasteiger partial charge in [-0.3, -0.25) is 4.39 Å². The number of aryl methyl sites for hydroxylation is 1. The van der Waals surface area contributed by atoms with Gasteiger partial charge in [0.05, 0.1) is 12.2 Å². The van der Waals surface area contributed by atoms with Gasteiger partial charge in [-0.1, -0.05) is 18.2 Å². The van der Waals surface area contributed by atoms with E-state index in [1.54, 1.807) is 18.2 Å². The summed E-state index contributed by atoms with van der Waals surface area (Å²) in [5, 5.41) is 9.49. The molecule has 0 amide bonds. The largest absolute Gasteiger partial charge is 0.478 e. The molecule has 0 saturated carbocycles. The van der Waals surface area contributed by atoms with Crippen molar-refractivity contribution in [3.8, 4) is 0 Å². The number of fused-ring (bicyclic) bond motifs is 1. The zero-order valence-corrected chi connectivity index (χ0v) is 21.0. The highest BCUT2D eigenvalue weighted by atomic mass is 19.1. The zero-order valence-electron chi connectivity index (χ0n) is 21.0. The summed E-state index contributed by atoms with van der Waals surface area (Å²) >= 11 is 0. The summed E-state index contributed by atoms with van der Waals surface area (Å²) in [6, 6.07) is 13.2. The molecule has 0 aromatic heterocycles. The molecule has 38 heavy (non-hydrogen) atoms. The predicted molar refractivity (Wildman–Crippen MR) is 139 cm³/mol. The van der Waals surface area contributed by atoms with Crippen molar-refractivity contribution in [2.24, 2.45) is 5.92 Å². The third-order valence-electron chi connectivity index (χ3n) is 7.52. The second kappa shape index (κ2) is 11.1. The van der Waals surface area contributed by atoms with Crippen LogP contribution in [0, 0.1) is 23.4 Å². The monoisotopic (exact) mass is 523 g/mol. The number of likely N-dealkylation sites (tertiary alicyclic amines) is 1. The van der Waals surface area contributed by atoms with E-state index < -0.39 is 23.4 Å². The van der Waals surface area contributed by atoms with Crippen LogP contribution in [-0.4, -0.2) is 42.3 Å². The van der Waals surface area contributed by atoms with Crippen LogP contribution >= 0.6 is 0 Å². The van der Waals surface area contributed by atoms with Crippen LogP contribution in [0.3, 0.4) is 0 Å². The lowest BCUT2D eigenvalue weighted by molar-refractivity contribution is 0.0696. The van der Waals surface area contributed by atoms with Crippen molar-refractivity contribution in [2.45, 2.75) is 32.1 Å². The zero-order chi connectivity index (χ0) is 26.8. The summed E-state index contributed by atoms with van der Waals surface area (Å²) in [6.07, 6.45) is 2.81. The van der Waals surface area contributed by atoms with Crippen LogP contribution in [0.2, 0.25) is 0 Å². The molecule has 0 unspecified atom stereocenters. The Bertz CT molecular complexity index is 1390. The predicted octanol–water partition coefficient (Wildman–Crippen LogP) is 6.93. The second-order valence-electron chi connectivity index (χ2n) is 10.2. The highest BCUT2D eigenvalue weighted by Gasteiger charge is 2.28. The third kappa shape index (κ3) is 5.39. The number of halogens is 4. The highest BCUT2D eigenvalue weighted by molar-refractivity contribution is 6.01. The quantitative estimate of drug-likeness (QED) is 0.326. The van der Waals surface area contributed by atoms with Gasteiger partial charge in [0.15, 0.2) is 0 Å². The molecular weight excluding hydrogens is 494 g/mol. The fourth-order valence-corrected chi connectivity index (χ4v) is 5.73. The van der Waals surface area contributed by atoms with Gasteiger partial charge in [-0.05, 0) is 96.2 Å². The maximum atomic E-state index is 15.8. The molecule has 0 bridgehead atoms. The minimum atomic E-state index is -1.05. The number of nitrogens with zero attached hydrogens (tertiary/aromatic N) is 1. The first-order chi connectivity index (χ1) is 18.3. The Labute approximate surface area is 219 Å². The topological polar surface area (TPSA) is 40.5 Å². The number of carboxylic acids is 1. The minimum absolute atomic E-state index is 0.136. The lowest BCUT2D eigenvalue weighted by Crippen LogP contribution is -2.47. The van der Waals surface area contributed by atoms with Crippen LogP contribution in [0.15, 0.2) is 54.6 Å². The Morgan fingerprint density at radius 2 is 1.63 bits per heavy atom. The van der Waals surface area contributed by atoms with Crippen molar-refractivity contribution in [1.82, 2.24) is 4.90 Å². The molecule has 2 aliphatic rings. The average Bonchev–Trinajstić information content (AvgIpc) is 3.04. The molecule has 1 aliphatic carbocycles. The number of alkyl halides is 1. The van der Waals surface area contributed by atoms with Gasteiger partial charge in [0.25, 0.3) is 0 Å². The Hall–Kier alpha value is -3.45. The number of allylic oxidation sites excluding steroid dienone is 1. The molecule has 3 aromatic carbocycles. The fourth-order valence-electron chi connectivity index (χ4n) is 5.73. The van der Waals surface area contributed by atoms with Crippen molar-refractivity contribution in [3.63, 3.8) is 0 Å². The lowest BCUT2D eigenvalue weighted by Gasteiger charge is -2.39. The number of aromatic carboxylic acids is 1. The van der Waals surface area contributed by atoms with Gasteiger partial charge in [-0.15, -0.1) is 0 Å². The number of rotatable bonds is 8. The number of carbonyl (C=O) groups is 1. The molecule has 1 heterocycles. The Kier molecular flexibility index (Phi) is 7.65. The van der Waals surface area contributed by atoms with Crippen molar-refractivity contribution < 1.29 is 27.5 Å². The minimum Gasteiger partial charge on any atom is -0.478 e. The van der Waals surface area contributed by atoms with E-state index in [4.69, 9.17) is 0 Å². The molecule has 1 N–H and O–H groups in total. The second-order valence-corrected chi connectivity index (χ2v) is 10.2. The van der Waals surface area contributed by atoms with Crippen molar-refractivity contribution in [2.75, 3.05) is 26.3 Å². The van der Waals surface area contributed by atoms with Crippen LogP contribution in [0.5, 0.6) is 0 Å². The van der Waals surface area contributed by atoms with Gasteiger partial charge in [0.1, 0.15) is 17.5 Å². The number of benzene rings is 3. The first kappa shape index (κ1) is 26.2. The molecule has 7 heteroatoms. The Balaban J connectivity index is 1.55. The molecule has 0 atom stereocenters. The molecule has 0 radical (unpaired) electrons. The van der Waals surface area contributed by atoms with E-state index in [0.717, 1.165) is 36.8 Å². The van der Waals surface area contributed by atoms with Gasteiger partial charge in [-0.2, -0.15) is 0 Å². The van der Waals surface area contributed by atoms with E-state index in [1.165, 1.54) is 24.3 Å². The molecule has 1 saturated heterocycles. The van der Waals surface area contributed by atoms with Crippen molar-refractivity contribution >= 4 is 17.1 Å².